The van der Waals surface area contributed by atoms with Crippen LogP contribution in [0.3, 0.4) is 0 Å². The van der Waals surface area contributed by atoms with Crippen molar-refractivity contribution in [2.75, 3.05) is 13.6 Å². The molecule has 0 aromatic heterocycles. The fourth-order valence-corrected chi connectivity index (χ4v) is 1.18. The van der Waals surface area contributed by atoms with Gasteiger partial charge in [0.15, 0.2) is 5.96 Å². The molecule has 0 radical (unpaired) electrons. The van der Waals surface area contributed by atoms with Gasteiger partial charge in [0.1, 0.15) is 0 Å². The van der Waals surface area contributed by atoms with E-state index in [4.69, 9.17) is 5.73 Å². The minimum Gasteiger partial charge on any atom is -0.370 e. The largest absolute Gasteiger partial charge is 0.370 e. The molecule has 1 saturated carbocycles. The number of aliphatic imine (C=N–C) groups is 1. The molecule has 76 valence electrons. The van der Waals surface area contributed by atoms with Crippen molar-refractivity contribution in [1.29, 1.82) is 0 Å². The van der Waals surface area contributed by atoms with E-state index in [0.717, 1.165) is 6.54 Å². The van der Waals surface area contributed by atoms with E-state index in [-0.39, 0.29) is 0 Å². The van der Waals surface area contributed by atoms with Crippen LogP contribution in [0.5, 0.6) is 0 Å². The molecule has 0 heterocycles. The number of nitrogens with zero attached hydrogens (tertiary/aromatic N) is 2. The summed E-state index contributed by atoms with van der Waals surface area (Å²) >= 11 is 0. The molecule has 1 aliphatic carbocycles. The zero-order valence-electron chi connectivity index (χ0n) is 8.95. The van der Waals surface area contributed by atoms with Gasteiger partial charge in [0.05, 0.1) is 6.04 Å². The first-order valence-electron chi connectivity index (χ1n) is 5.17. The van der Waals surface area contributed by atoms with Gasteiger partial charge in [-0.3, -0.25) is 0 Å². The molecule has 2 N–H and O–H groups in total. The van der Waals surface area contributed by atoms with E-state index in [1.807, 2.05) is 7.05 Å². The highest BCUT2D eigenvalue weighted by Crippen LogP contribution is 2.23. The second kappa shape index (κ2) is 4.49. The highest BCUT2D eigenvalue weighted by molar-refractivity contribution is 5.78. The molecule has 0 aromatic carbocycles. The maximum absolute atomic E-state index is 5.84. The van der Waals surface area contributed by atoms with Crippen LogP contribution >= 0.6 is 0 Å². The number of nitrogens with two attached hydrogens (primary N) is 1. The van der Waals surface area contributed by atoms with Crippen molar-refractivity contribution in [3.63, 3.8) is 0 Å². The van der Waals surface area contributed by atoms with E-state index in [2.05, 4.69) is 23.7 Å². The molecule has 0 aliphatic heterocycles. The summed E-state index contributed by atoms with van der Waals surface area (Å²) < 4.78 is 0. The lowest BCUT2D eigenvalue weighted by Gasteiger charge is -2.21. The Morgan fingerprint density at radius 2 is 2.23 bits per heavy atom. The second-order valence-corrected chi connectivity index (χ2v) is 4.11. The summed E-state index contributed by atoms with van der Waals surface area (Å²) in [5.74, 6) is 1.40. The Kier molecular flexibility index (Phi) is 3.58. The van der Waals surface area contributed by atoms with Crippen LogP contribution in [0.15, 0.2) is 4.99 Å². The normalized spacial score (nSPS) is 20.1. The molecule has 1 atom stereocenters. The van der Waals surface area contributed by atoms with Crippen LogP contribution in [-0.2, 0) is 0 Å². The smallest absolute Gasteiger partial charge is 0.191 e. The monoisotopic (exact) mass is 183 g/mol. The molecule has 1 aliphatic rings. The quantitative estimate of drug-likeness (QED) is 0.529. The molecule has 1 fully saturated rings. The lowest BCUT2D eigenvalue weighted by atomic mass is 10.1. The molecule has 3 heteroatoms. The van der Waals surface area contributed by atoms with Gasteiger partial charge >= 0.3 is 0 Å². The first-order valence-corrected chi connectivity index (χ1v) is 5.17. The highest BCUT2D eigenvalue weighted by Gasteiger charge is 2.21. The van der Waals surface area contributed by atoms with Gasteiger partial charge in [-0.2, -0.15) is 0 Å². The Morgan fingerprint density at radius 1 is 1.62 bits per heavy atom. The van der Waals surface area contributed by atoms with E-state index in [1.54, 1.807) is 0 Å². The van der Waals surface area contributed by atoms with Gasteiger partial charge < -0.3 is 10.6 Å². The van der Waals surface area contributed by atoms with Crippen LogP contribution in [0.25, 0.3) is 0 Å². The molecule has 0 aromatic rings. The summed E-state index contributed by atoms with van der Waals surface area (Å²) in [6.45, 7) is 5.45. The topological polar surface area (TPSA) is 41.6 Å². The van der Waals surface area contributed by atoms with E-state index in [9.17, 15) is 0 Å². The van der Waals surface area contributed by atoms with Gasteiger partial charge in [-0.15, -0.1) is 0 Å². The minimum atomic E-state index is 0.527. The van der Waals surface area contributed by atoms with Crippen molar-refractivity contribution in [1.82, 2.24) is 4.90 Å². The Morgan fingerprint density at radius 3 is 2.69 bits per heavy atom. The standard InChI is InChI=1S/C10H21N3/c1-4-8(2)7-13(3)10(11)12-9-5-6-9/h8-9H,4-7H2,1-3H3,(H2,11,12). The second-order valence-electron chi connectivity index (χ2n) is 4.11. The van der Waals surface area contributed by atoms with Crippen LogP contribution in [0, 0.1) is 5.92 Å². The Hall–Kier alpha value is -0.730. The van der Waals surface area contributed by atoms with Gasteiger partial charge in [-0.1, -0.05) is 20.3 Å². The molecule has 13 heavy (non-hydrogen) atoms. The zero-order chi connectivity index (χ0) is 9.84. The summed E-state index contributed by atoms with van der Waals surface area (Å²) in [5.41, 5.74) is 5.84. The van der Waals surface area contributed by atoms with Gasteiger partial charge in [0.25, 0.3) is 0 Å². The van der Waals surface area contributed by atoms with Crippen molar-refractivity contribution in [3.8, 4) is 0 Å². The van der Waals surface area contributed by atoms with Crippen molar-refractivity contribution >= 4 is 5.96 Å². The summed E-state index contributed by atoms with van der Waals surface area (Å²) in [6.07, 6.45) is 3.64. The third-order valence-corrected chi connectivity index (χ3v) is 2.54. The highest BCUT2D eigenvalue weighted by atomic mass is 15.2. The van der Waals surface area contributed by atoms with Gasteiger partial charge in [0.2, 0.25) is 0 Å². The molecule has 0 saturated heterocycles. The molecule has 3 nitrogen and oxygen atoms in total. The SMILES string of the molecule is CCC(C)CN(C)C(N)=NC1CC1. The molecule has 1 unspecified atom stereocenters. The molecular formula is C10H21N3. The van der Waals surface area contributed by atoms with Crippen molar-refractivity contribution < 1.29 is 0 Å². The third kappa shape index (κ3) is 3.66. The van der Waals surface area contributed by atoms with Crippen molar-refractivity contribution in [2.45, 2.75) is 39.2 Å². The Bertz CT molecular complexity index is 185. The maximum Gasteiger partial charge on any atom is 0.191 e. The van der Waals surface area contributed by atoms with E-state index in [0.29, 0.717) is 17.9 Å². The molecule has 1 rings (SSSR count). The molecule has 0 amide bonds. The van der Waals surface area contributed by atoms with Gasteiger partial charge in [-0.25, -0.2) is 4.99 Å². The average Bonchev–Trinajstić information content (AvgIpc) is 2.87. The van der Waals surface area contributed by atoms with Crippen LogP contribution in [0.2, 0.25) is 0 Å². The number of hydrogen-bond donors (Lipinski definition) is 1. The summed E-state index contributed by atoms with van der Waals surface area (Å²) in [7, 11) is 2.02. The maximum atomic E-state index is 5.84. The van der Waals surface area contributed by atoms with E-state index < -0.39 is 0 Å². The lowest BCUT2D eigenvalue weighted by molar-refractivity contribution is 0.391. The molecular weight excluding hydrogens is 162 g/mol. The van der Waals surface area contributed by atoms with Crippen LogP contribution < -0.4 is 5.73 Å². The predicted octanol–water partition coefficient (Wildman–Crippen LogP) is 1.44. The summed E-state index contributed by atoms with van der Waals surface area (Å²) in [6, 6.07) is 0.527. The zero-order valence-corrected chi connectivity index (χ0v) is 8.95. The fourth-order valence-electron chi connectivity index (χ4n) is 1.18. The van der Waals surface area contributed by atoms with Crippen LogP contribution in [-0.4, -0.2) is 30.5 Å². The van der Waals surface area contributed by atoms with Gasteiger partial charge in [0, 0.05) is 13.6 Å². The van der Waals surface area contributed by atoms with Crippen LogP contribution in [0.4, 0.5) is 0 Å². The summed E-state index contributed by atoms with van der Waals surface area (Å²) in [4.78, 5) is 6.46. The predicted molar refractivity (Wildman–Crippen MR) is 56.7 cm³/mol. The van der Waals surface area contributed by atoms with E-state index >= 15 is 0 Å². The Labute approximate surface area is 81.0 Å². The average molecular weight is 183 g/mol. The van der Waals surface area contributed by atoms with Crippen molar-refractivity contribution in [2.24, 2.45) is 16.6 Å². The Balaban J connectivity index is 2.32. The lowest BCUT2D eigenvalue weighted by Crippen LogP contribution is -2.37. The summed E-state index contributed by atoms with van der Waals surface area (Å²) in [5, 5.41) is 0. The number of guanidine groups is 1. The van der Waals surface area contributed by atoms with E-state index in [1.165, 1.54) is 19.3 Å². The number of rotatable bonds is 4. The first kappa shape index (κ1) is 10.4. The fraction of sp³-hybridized carbons (Fsp3) is 0.900. The minimum absolute atomic E-state index is 0.527. The molecule has 0 spiro atoms. The third-order valence-electron chi connectivity index (χ3n) is 2.54. The first-order chi connectivity index (χ1) is 6.13. The number of hydrogen-bond acceptors (Lipinski definition) is 1. The van der Waals surface area contributed by atoms with Crippen LogP contribution in [0.1, 0.15) is 33.1 Å². The van der Waals surface area contributed by atoms with Crippen molar-refractivity contribution in [3.05, 3.63) is 0 Å². The van der Waals surface area contributed by atoms with Gasteiger partial charge in [-0.05, 0) is 18.8 Å². The molecule has 0 bridgehead atoms.